The molecule has 0 spiro atoms. The van der Waals surface area contributed by atoms with E-state index in [1.165, 1.54) is 11.0 Å². The predicted molar refractivity (Wildman–Crippen MR) is 58.6 cm³/mol. The van der Waals surface area contributed by atoms with Crippen molar-refractivity contribution in [2.45, 2.75) is 24.7 Å². The van der Waals surface area contributed by atoms with Gasteiger partial charge in [-0.1, -0.05) is 6.07 Å². The normalized spacial score (nSPS) is 23.7. The molecule has 104 valence electrons. The molecule has 0 aromatic carbocycles. The molecular formula is C11H11F3N2O3. The van der Waals surface area contributed by atoms with E-state index < -0.39 is 30.0 Å². The lowest BCUT2D eigenvalue weighted by molar-refractivity contribution is -0.141. The van der Waals surface area contributed by atoms with Crippen LogP contribution in [0, 0.1) is 0 Å². The van der Waals surface area contributed by atoms with Crippen molar-refractivity contribution >= 4 is 11.8 Å². The van der Waals surface area contributed by atoms with Crippen LogP contribution in [0.3, 0.4) is 0 Å². The molecule has 19 heavy (non-hydrogen) atoms. The van der Waals surface area contributed by atoms with E-state index in [1.807, 2.05) is 0 Å². The summed E-state index contributed by atoms with van der Waals surface area (Å²) in [6, 6.07) is 2.20. The summed E-state index contributed by atoms with van der Waals surface area (Å²) >= 11 is 0. The predicted octanol–water partition coefficient (Wildman–Crippen LogP) is 1.12. The van der Waals surface area contributed by atoms with Gasteiger partial charge in [-0.25, -0.2) is 9.78 Å². The first kappa shape index (κ1) is 13.6. The van der Waals surface area contributed by atoms with Crippen LogP contribution in [-0.4, -0.2) is 39.9 Å². The van der Waals surface area contributed by atoms with E-state index in [2.05, 4.69) is 4.98 Å². The summed E-state index contributed by atoms with van der Waals surface area (Å²) in [5.74, 6) is -1.30. The molecule has 1 fully saturated rings. The molecule has 1 aliphatic heterocycles. The fourth-order valence-electron chi connectivity index (χ4n) is 2.04. The number of pyridine rings is 1. The molecule has 2 heterocycles. The van der Waals surface area contributed by atoms with Crippen molar-refractivity contribution in [1.29, 1.82) is 0 Å². The zero-order chi connectivity index (χ0) is 14.2. The fraction of sp³-hybridized carbons (Fsp3) is 0.455. The van der Waals surface area contributed by atoms with Gasteiger partial charge in [0.15, 0.2) is 0 Å². The Bertz CT molecular complexity index is 492. The van der Waals surface area contributed by atoms with Crippen molar-refractivity contribution in [2.75, 3.05) is 11.4 Å². The van der Waals surface area contributed by atoms with Crippen LogP contribution >= 0.6 is 0 Å². The number of hydrogen-bond acceptors (Lipinski definition) is 4. The Kier molecular flexibility index (Phi) is 3.36. The van der Waals surface area contributed by atoms with Gasteiger partial charge in [0.2, 0.25) is 0 Å². The number of carboxylic acids is 1. The number of carbonyl (C=O) groups is 1. The highest BCUT2D eigenvalue weighted by Gasteiger charge is 2.38. The smallest absolute Gasteiger partial charge is 0.433 e. The Morgan fingerprint density at radius 3 is 2.68 bits per heavy atom. The molecule has 0 saturated carbocycles. The number of β-amino-alcohol motifs (C(OH)–C–C–N with tert-alkyl or cyclic N) is 1. The van der Waals surface area contributed by atoms with E-state index in [0.29, 0.717) is 0 Å². The first-order valence-electron chi connectivity index (χ1n) is 5.51. The average Bonchev–Trinajstić information content (AvgIpc) is 2.71. The molecule has 2 rings (SSSR count). The van der Waals surface area contributed by atoms with Crippen LogP contribution in [-0.2, 0) is 11.0 Å². The molecule has 1 saturated heterocycles. The third-order valence-electron chi connectivity index (χ3n) is 2.88. The zero-order valence-electron chi connectivity index (χ0n) is 9.63. The molecule has 0 aliphatic carbocycles. The number of aliphatic hydroxyl groups excluding tert-OH is 1. The van der Waals surface area contributed by atoms with Crippen LogP contribution < -0.4 is 4.90 Å². The van der Waals surface area contributed by atoms with E-state index in [4.69, 9.17) is 5.11 Å². The number of carboxylic acid groups (broad SMARTS) is 1. The van der Waals surface area contributed by atoms with Crippen molar-refractivity contribution in [3.8, 4) is 0 Å². The summed E-state index contributed by atoms with van der Waals surface area (Å²) in [5.41, 5.74) is -1.09. The van der Waals surface area contributed by atoms with Crippen LogP contribution in [0.25, 0.3) is 0 Å². The second kappa shape index (κ2) is 4.69. The van der Waals surface area contributed by atoms with Gasteiger partial charge in [-0.05, 0) is 12.1 Å². The number of aromatic nitrogens is 1. The summed E-state index contributed by atoms with van der Waals surface area (Å²) in [6.45, 7) is -0.0503. The second-order valence-electron chi connectivity index (χ2n) is 4.27. The van der Waals surface area contributed by atoms with Gasteiger partial charge in [0.1, 0.15) is 17.6 Å². The van der Waals surface area contributed by atoms with Gasteiger partial charge in [-0.2, -0.15) is 13.2 Å². The Morgan fingerprint density at radius 1 is 1.42 bits per heavy atom. The fourth-order valence-corrected chi connectivity index (χ4v) is 2.04. The van der Waals surface area contributed by atoms with Crippen LogP contribution in [0.5, 0.6) is 0 Å². The number of nitrogens with zero attached hydrogens (tertiary/aromatic N) is 2. The molecule has 2 atom stereocenters. The van der Waals surface area contributed by atoms with Crippen molar-refractivity contribution in [1.82, 2.24) is 4.98 Å². The molecule has 2 N–H and O–H groups in total. The van der Waals surface area contributed by atoms with Gasteiger partial charge in [-0.15, -0.1) is 0 Å². The monoisotopic (exact) mass is 276 g/mol. The number of aliphatic hydroxyl groups is 1. The number of aliphatic carboxylic acids is 1. The SMILES string of the molecule is O=C(O)C1CC(O)CN1c1cccc(C(F)(F)F)n1. The minimum absolute atomic E-state index is 0.0345. The topological polar surface area (TPSA) is 73.7 Å². The van der Waals surface area contributed by atoms with Crippen LogP contribution in [0.4, 0.5) is 19.0 Å². The number of alkyl halides is 3. The van der Waals surface area contributed by atoms with Crippen molar-refractivity contribution in [2.24, 2.45) is 0 Å². The Morgan fingerprint density at radius 2 is 2.11 bits per heavy atom. The maximum Gasteiger partial charge on any atom is 0.433 e. The van der Waals surface area contributed by atoms with E-state index in [9.17, 15) is 23.1 Å². The highest BCUT2D eigenvalue weighted by molar-refractivity contribution is 5.78. The molecular weight excluding hydrogens is 265 g/mol. The number of anilines is 1. The Labute approximate surface area is 106 Å². The van der Waals surface area contributed by atoms with E-state index in [-0.39, 0.29) is 18.8 Å². The lowest BCUT2D eigenvalue weighted by Gasteiger charge is -2.22. The summed E-state index contributed by atoms with van der Waals surface area (Å²) in [5, 5.41) is 18.4. The third kappa shape index (κ3) is 2.78. The standard InChI is InChI=1S/C11H11F3N2O3/c12-11(13,14)8-2-1-3-9(15-8)16-5-6(17)4-7(16)10(18)19/h1-3,6-7,17H,4-5H2,(H,18,19). The largest absolute Gasteiger partial charge is 0.480 e. The van der Waals surface area contributed by atoms with Crippen molar-refractivity contribution < 1.29 is 28.2 Å². The quantitative estimate of drug-likeness (QED) is 0.847. The van der Waals surface area contributed by atoms with Gasteiger partial charge in [0.25, 0.3) is 0 Å². The highest BCUT2D eigenvalue weighted by atomic mass is 19.4. The summed E-state index contributed by atoms with van der Waals surface area (Å²) < 4.78 is 37.6. The van der Waals surface area contributed by atoms with E-state index >= 15 is 0 Å². The first-order valence-corrected chi connectivity index (χ1v) is 5.51. The maximum atomic E-state index is 12.5. The van der Waals surface area contributed by atoms with Crippen molar-refractivity contribution in [3.63, 3.8) is 0 Å². The van der Waals surface area contributed by atoms with E-state index in [0.717, 1.165) is 12.1 Å². The number of hydrogen-bond donors (Lipinski definition) is 2. The summed E-state index contributed by atoms with van der Waals surface area (Å²) in [4.78, 5) is 15.6. The molecule has 2 unspecified atom stereocenters. The van der Waals surface area contributed by atoms with Crippen LogP contribution in [0.2, 0.25) is 0 Å². The van der Waals surface area contributed by atoms with Crippen LogP contribution in [0.1, 0.15) is 12.1 Å². The molecule has 1 aliphatic rings. The minimum atomic E-state index is -4.59. The van der Waals surface area contributed by atoms with Gasteiger partial charge in [0.05, 0.1) is 6.10 Å². The summed E-state index contributed by atoms with van der Waals surface area (Å²) in [6.07, 6.45) is -5.52. The molecule has 0 bridgehead atoms. The number of rotatable bonds is 2. The number of halogens is 3. The van der Waals surface area contributed by atoms with Gasteiger partial charge in [-0.3, -0.25) is 0 Å². The third-order valence-corrected chi connectivity index (χ3v) is 2.88. The highest BCUT2D eigenvalue weighted by Crippen LogP contribution is 2.31. The second-order valence-corrected chi connectivity index (χ2v) is 4.27. The van der Waals surface area contributed by atoms with Gasteiger partial charge in [0, 0.05) is 13.0 Å². The molecule has 1 aromatic rings. The van der Waals surface area contributed by atoms with Gasteiger partial charge >= 0.3 is 12.1 Å². The first-order chi connectivity index (χ1) is 8.79. The molecule has 8 heteroatoms. The van der Waals surface area contributed by atoms with Gasteiger partial charge < -0.3 is 15.1 Å². The average molecular weight is 276 g/mol. The lowest BCUT2D eigenvalue weighted by Crippen LogP contribution is -2.36. The van der Waals surface area contributed by atoms with Crippen molar-refractivity contribution in [3.05, 3.63) is 23.9 Å². The minimum Gasteiger partial charge on any atom is -0.480 e. The molecule has 1 aromatic heterocycles. The lowest BCUT2D eigenvalue weighted by atomic mass is 10.2. The summed E-state index contributed by atoms with van der Waals surface area (Å²) in [7, 11) is 0. The zero-order valence-corrected chi connectivity index (χ0v) is 9.63. The molecule has 0 radical (unpaired) electrons. The van der Waals surface area contributed by atoms with Crippen LogP contribution in [0.15, 0.2) is 18.2 Å². The Hall–Kier alpha value is -1.83. The molecule has 5 nitrogen and oxygen atoms in total. The Balaban J connectivity index is 2.33. The van der Waals surface area contributed by atoms with E-state index in [1.54, 1.807) is 0 Å². The molecule has 0 amide bonds. The maximum absolute atomic E-state index is 12.5.